The number of carbonyl (C=O) groups is 1. The number of para-hydroxylation sites is 1. The minimum absolute atomic E-state index is 0.203. The molecule has 5 nitrogen and oxygen atoms in total. The lowest BCUT2D eigenvalue weighted by Gasteiger charge is -2.24. The van der Waals surface area contributed by atoms with Gasteiger partial charge in [0.05, 0.1) is 5.69 Å². The molecule has 104 valence electrons. The van der Waals surface area contributed by atoms with Crippen molar-refractivity contribution in [3.05, 3.63) is 65.7 Å². The van der Waals surface area contributed by atoms with Gasteiger partial charge in [-0.3, -0.25) is 4.79 Å². The molecule has 2 aromatic rings. The summed E-state index contributed by atoms with van der Waals surface area (Å²) in [7, 11) is -4.76. The van der Waals surface area contributed by atoms with Gasteiger partial charge >= 0.3 is 7.75 Å². The fourth-order valence-corrected chi connectivity index (χ4v) is 2.73. The van der Waals surface area contributed by atoms with E-state index in [2.05, 4.69) is 0 Å². The number of hydrogen-bond donors (Lipinski definition) is 2. The second kappa shape index (κ2) is 5.59. The van der Waals surface area contributed by atoms with Crippen molar-refractivity contribution in [2.45, 2.75) is 6.92 Å². The first-order valence-corrected chi connectivity index (χ1v) is 7.49. The maximum Gasteiger partial charge on any atom is 0.437 e. The van der Waals surface area contributed by atoms with Crippen LogP contribution in [0.4, 0.5) is 5.69 Å². The minimum atomic E-state index is -4.76. The van der Waals surface area contributed by atoms with Crippen LogP contribution in [0.25, 0.3) is 0 Å². The number of hydrogen-bond acceptors (Lipinski definition) is 2. The summed E-state index contributed by atoms with van der Waals surface area (Å²) in [6.45, 7) is 1.69. The highest BCUT2D eigenvalue weighted by Gasteiger charge is 2.33. The van der Waals surface area contributed by atoms with Crippen molar-refractivity contribution in [2.24, 2.45) is 0 Å². The smallest absolute Gasteiger partial charge is 0.308 e. The van der Waals surface area contributed by atoms with Crippen molar-refractivity contribution in [1.82, 2.24) is 0 Å². The summed E-state index contributed by atoms with van der Waals surface area (Å²) in [4.78, 5) is 31.4. The molecule has 0 aliphatic heterocycles. The van der Waals surface area contributed by atoms with Crippen LogP contribution in [0.2, 0.25) is 0 Å². The molecule has 0 spiro atoms. The van der Waals surface area contributed by atoms with Crippen LogP contribution in [-0.4, -0.2) is 15.7 Å². The molecule has 0 aromatic heterocycles. The fraction of sp³-hybridized carbons (Fsp3) is 0.0714. The van der Waals surface area contributed by atoms with Gasteiger partial charge in [-0.15, -0.1) is 0 Å². The summed E-state index contributed by atoms with van der Waals surface area (Å²) in [6, 6.07) is 14.6. The molecule has 0 aliphatic rings. The predicted octanol–water partition coefficient (Wildman–Crippen LogP) is 2.73. The third-order valence-electron chi connectivity index (χ3n) is 2.82. The lowest BCUT2D eigenvalue weighted by molar-refractivity contribution is 0.0999. The third-order valence-corrected chi connectivity index (χ3v) is 3.74. The Balaban J connectivity index is 2.53. The van der Waals surface area contributed by atoms with Crippen LogP contribution in [0.1, 0.15) is 15.9 Å². The predicted molar refractivity (Wildman–Crippen MR) is 76.5 cm³/mol. The van der Waals surface area contributed by atoms with Crippen molar-refractivity contribution in [3.63, 3.8) is 0 Å². The number of nitrogens with zero attached hydrogens (tertiary/aromatic N) is 1. The lowest BCUT2D eigenvalue weighted by atomic mass is 10.1. The van der Waals surface area contributed by atoms with Crippen molar-refractivity contribution in [2.75, 3.05) is 4.67 Å². The zero-order valence-electron chi connectivity index (χ0n) is 10.8. The maximum absolute atomic E-state index is 12.4. The minimum Gasteiger partial charge on any atom is -0.308 e. The molecular weight excluding hydrogens is 277 g/mol. The Morgan fingerprint density at radius 2 is 1.55 bits per heavy atom. The van der Waals surface area contributed by atoms with Gasteiger partial charge in [0.1, 0.15) is 0 Å². The van der Waals surface area contributed by atoms with Gasteiger partial charge in [-0.2, -0.15) is 0 Å². The maximum atomic E-state index is 12.4. The van der Waals surface area contributed by atoms with E-state index in [1.165, 1.54) is 18.2 Å². The van der Waals surface area contributed by atoms with Crippen molar-refractivity contribution in [3.8, 4) is 0 Å². The molecule has 0 bridgehead atoms. The molecule has 0 fully saturated rings. The second-order valence-corrected chi connectivity index (χ2v) is 5.71. The molecule has 20 heavy (non-hydrogen) atoms. The summed E-state index contributed by atoms with van der Waals surface area (Å²) >= 11 is 0. The first-order valence-electron chi connectivity index (χ1n) is 5.92. The van der Waals surface area contributed by atoms with Crippen molar-refractivity contribution in [1.29, 1.82) is 0 Å². The van der Waals surface area contributed by atoms with Crippen LogP contribution < -0.4 is 4.67 Å². The summed E-state index contributed by atoms with van der Waals surface area (Å²) < 4.78 is 12.2. The van der Waals surface area contributed by atoms with Crippen LogP contribution in [0.5, 0.6) is 0 Å². The van der Waals surface area contributed by atoms with Crippen LogP contribution in [-0.2, 0) is 4.57 Å². The number of carbonyl (C=O) groups excluding carboxylic acids is 1. The highest BCUT2D eigenvalue weighted by Crippen LogP contribution is 2.45. The average molecular weight is 291 g/mol. The Bertz CT molecular complexity index is 666. The Kier molecular flexibility index (Phi) is 4.04. The quantitative estimate of drug-likeness (QED) is 0.852. The van der Waals surface area contributed by atoms with E-state index in [4.69, 9.17) is 0 Å². The Morgan fingerprint density at radius 1 is 1.00 bits per heavy atom. The molecule has 0 heterocycles. The van der Waals surface area contributed by atoms with E-state index in [0.29, 0.717) is 10.2 Å². The van der Waals surface area contributed by atoms with Crippen LogP contribution in [0, 0.1) is 6.92 Å². The largest absolute Gasteiger partial charge is 0.437 e. The zero-order valence-corrected chi connectivity index (χ0v) is 11.7. The number of rotatable bonds is 3. The van der Waals surface area contributed by atoms with E-state index in [1.807, 2.05) is 0 Å². The SMILES string of the molecule is Cc1ccccc1N(C(=O)c1ccccc1)P(=O)(O)O. The van der Waals surface area contributed by atoms with Gasteiger partial charge in [-0.25, -0.2) is 9.24 Å². The highest BCUT2D eigenvalue weighted by atomic mass is 31.2. The van der Waals surface area contributed by atoms with Crippen LogP contribution in [0.3, 0.4) is 0 Å². The molecule has 0 radical (unpaired) electrons. The van der Waals surface area contributed by atoms with E-state index < -0.39 is 13.7 Å². The van der Waals surface area contributed by atoms with Gasteiger partial charge in [0.2, 0.25) is 0 Å². The number of anilines is 1. The van der Waals surface area contributed by atoms with Crippen LogP contribution in [0.15, 0.2) is 54.6 Å². The number of benzene rings is 2. The van der Waals surface area contributed by atoms with Gasteiger partial charge in [-0.1, -0.05) is 36.4 Å². The Labute approximate surface area is 116 Å². The van der Waals surface area contributed by atoms with Gasteiger partial charge in [-0.05, 0) is 30.7 Å². The summed E-state index contributed by atoms with van der Waals surface area (Å²) in [6.07, 6.45) is 0. The monoisotopic (exact) mass is 291 g/mol. The molecule has 0 saturated carbocycles. The molecule has 0 unspecified atom stereocenters. The normalized spacial score (nSPS) is 11.2. The first-order chi connectivity index (χ1) is 9.41. The summed E-state index contributed by atoms with van der Waals surface area (Å²) in [5.41, 5.74) is 1.04. The lowest BCUT2D eigenvalue weighted by Crippen LogP contribution is -2.28. The Hall–Kier alpha value is -1.94. The number of aryl methyl sites for hydroxylation is 1. The molecular formula is C14H14NO4P. The fourth-order valence-electron chi connectivity index (χ4n) is 1.87. The Morgan fingerprint density at radius 3 is 2.10 bits per heavy atom. The topological polar surface area (TPSA) is 77.8 Å². The van der Waals surface area contributed by atoms with Crippen LogP contribution >= 0.6 is 7.75 Å². The van der Waals surface area contributed by atoms with E-state index >= 15 is 0 Å². The van der Waals surface area contributed by atoms with Crippen molar-refractivity contribution < 1.29 is 19.1 Å². The molecule has 0 atom stereocenters. The van der Waals surface area contributed by atoms with E-state index in [9.17, 15) is 19.1 Å². The molecule has 2 aromatic carbocycles. The second-order valence-electron chi connectivity index (χ2n) is 4.28. The first kappa shape index (κ1) is 14.5. The van der Waals surface area contributed by atoms with Gasteiger partial charge in [0.25, 0.3) is 5.91 Å². The average Bonchev–Trinajstić information content (AvgIpc) is 2.41. The summed E-state index contributed by atoms with van der Waals surface area (Å²) in [5, 5.41) is 0. The van der Waals surface area contributed by atoms with E-state index in [-0.39, 0.29) is 11.3 Å². The molecule has 0 saturated heterocycles. The van der Waals surface area contributed by atoms with E-state index in [0.717, 1.165) is 0 Å². The summed E-state index contributed by atoms with van der Waals surface area (Å²) in [5.74, 6) is -0.728. The number of amides is 1. The third kappa shape index (κ3) is 2.96. The highest BCUT2D eigenvalue weighted by molar-refractivity contribution is 7.54. The standard InChI is InChI=1S/C14H14NO4P/c1-11-7-5-6-10-13(11)15(20(17,18)19)14(16)12-8-3-2-4-9-12/h2-10H,1H3,(H2,17,18,19). The molecule has 2 N–H and O–H groups in total. The molecule has 2 rings (SSSR count). The molecule has 6 heteroatoms. The van der Waals surface area contributed by atoms with Gasteiger partial charge < -0.3 is 9.79 Å². The van der Waals surface area contributed by atoms with Gasteiger partial charge in [0, 0.05) is 5.56 Å². The molecule has 1 amide bonds. The van der Waals surface area contributed by atoms with Gasteiger partial charge in [0.15, 0.2) is 0 Å². The van der Waals surface area contributed by atoms with Crippen molar-refractivity contribution >= 4 is 19.3 Å². The zero-order chi connectivity index (χ0) is 14.8. The van der Waals surface area contributed by atoms with E-state index in [1.54, 1.807) is 43.3 Å². The molecule has 0 aliphatic carbocycles.